The maximum absolute atomic E-state index is 5.33. The van der Waals surface area contributed by atoms with Gasteiger partial charge in [0, 0.05) is 5.56 Å². The molecule has 0 spiro atoms. The van der Waals surface area contributed by atoms with Crippen LogP contribution in [0.25, 0.3) is 0 Å². The Bertz CT molecular complexity index is 338. The summed E-state index contributed by atoms with van der Waals surface area (Å²) < 4.78 is 5.33. The van der Waals surface area contributed by atoms with Crippen LogP contribution in [0.4, 0.5) is 0 Å². The van der Waals surface area contributed by atoms with Crippen molar-refractivity contribution in [2.75, 3.05) is 6.61 Å². The first kappa shape index (κ1) is 8.03. The highest BCUT2D eigenvalue weighted by molar-refractivity contribution is 6.05. The molecule has 0 saturated heterocycles. The average Bonchev–Trinajstić information content (AvgIpc) is 2.58. The number of hydrogen-bond acceptors (Lipinski definition) is 5. The first-order chi connectivity index (χ1) is 6.42. The first-order valence-electron chi connectivity index (χ1n) is 3.82. The molecule has 5 nitrogen and oxygen atoms in total. The summed E-state index contributed by atoms with van der Waals surface area (Å²) in [6.45, 7) is 0.418. The summed E-state index contributed by atoms with van der Waals surface area (Å²) in [6.07, 6.45) is 0. The topological polar surface area (TPSA) is 68.9 Å². The van der Waals surface area contributed by atoms with E-state index in [1.807, 2.05) is 29.9 Å². The molecular formula is C8H9N3O2. The SMILES string of the molecule is NNO/N=C1\COc2ccccc21. The average molecular weight is 179 g/mol. The zero-order valence-electron chi connectivity index (χ0n) is 6.86. The summed E-state index contributed by atoms with van der Waals surface area (Å²) in [5.41, 5.74) is 3.65. The Hall–Kier alpha value is -1.59. The molecule has 0 atom stereocenters. The molecule has 0 aromatic heterocycles. The Balaban J connectivity index is 2.28. The normalized spacial score (nSPS) is 16.8. The minimum atomic E-state index is 0.418. The fourth-order valence-electron chi connectivity index (χ4n) is 1.21. The van der Waals surface area contributed by atoms with Crippen LogP contribution in [-0.4, -0.2) is 12.3 Å². The summed E-state index contributed by atoms with van der Waals surface area (Å²) in [6, 6.07) is 7.62. The molecule has 0 amide bonds. The Morgan fingerprint density at radius 1 is 1.46 bits per heavy atom. The Morgan fingerprint density at radius 2 is 2.31 bits per heavy atom. The van der Waals surface area contributed by atoms with Crippen LogP contribution < -0.4 is 16.2 Å². The molecule has 0 bridgehead atoms. The van der Waals surface area contributed by atoms with E-state index in [-0.39, 0.29) is 0 Å². The molecule has 0 radical (unpaired) electrons. The maximum Gasteiger partial charge on any atom is 0.134 e. The fraction of sp³-hybridized carbons (Fsp3) is 0.125. The number of fused-ring (bicyclic) bond motifs is 1. The van der Waals surface area contributed by atoms with Gasteiger partial charge in [-0.25, -0.2) is 5.84 Å². The predicted octanol–water partition coefficient (Wildman–Crippen LogP) is 0.178. The Morgan fingerprint density at radius 3 is 3.15 bits per heavy atom. The van der Waals surface area contributed by atoms with E-state index in [0.717, 1.165) is 17.0 Å². The molecular weight excluding hydrogens is 170 g/mol. The number of rotatable bonds is 2. The van der Waals surface area contributed by atoms with Crippen LogP contribution in [-0.2, 0) is 4.94 Å². The molecule has 68 valence electrons. The lowest BCUT2D eigenvalue weighted by molar-refractivity contribution is 0.0464. The second-order valence-electron chi connectivity index (χ2n) is 2.53. The van der Waals surface area contributed by atoms with Gasteiger partial charge in [0.2, 0.25) is 0 Å². The van der Waals surface area contributed by atoms with Crippen molar-refractivity contribution in [2.45, 2.75) is 0 Å². The molecule has 0 fully saturated rings. The van der Waals surface area contributed by atoms with E-state index in [4.69, 9.17) is 10.6 Å². The van der Waals surface area contributed by atoms with Gasteiger partial charge in [0.1, 0.15) is 18.1 Å². The monoisotopic (exact) mass is 179 g/mol. The van der Waals surface area contributed by atoms with Crippen LogP contribution in [0.3, 0.4) is 0 Å². The summed E-state index contributed by atoms with van der Waals surface area (Å²) in [5.74, 6) is 5.73. The summed E-state index contributed by atoms with van der Waals surface area (Å²) >= 11 is 0. The standard InChI is InChI=1S/C8H9N3O2/c9-11-13-10-7-5-12-8-4-2-1-3-6(7)8/h1-4,11H,5,9H2/b10-7+. The van der Waals surface area contributed by atoms with Gasteiger partial charge in [-0.2, -0.15) is 0 Å². The zero-order valence-corrected chi connectivity index (χ0v) is 6.86. The number of para-hydroxylation sites is 1. The molecule has 5 heteroatoms. The molecule has 1 aromatic carbocycles. The lowest BCUT2D eigenvalue weighted by Crippen LogP contribution is -2.20. The van der Waals surface area contributed by atoms with Crippen LogP contribution in [0.15, 0.2) is 29.4 Å². The second kappa shape index (κ2) is 3.42. The van der Waals surface area contributed by atoms with Crippen molar-refractivity contribution in [2.24, 2.45) is 11.0 Å². The number of oxime groups is 1. The van der Waals surface area contributed by atoms with E-state index in [9.17, 15) is 0 Å². The third-order valence-electron chi connectivity index (χ3n) is 1.77. The lowest BCUT2D eigenvalue weighted by Gasteiger charge is -1.95. The molecule has 0 saturated carbocycles. The van der Waals surface area contributed by atoms with E-state index in [1.54, 1.807) is 0 Å². The molecule has 1 aliphatic heterocycles. The van der Waals surface area contributed by atoms with Crippen molar-refractivity contribution in [3.05, 3.63) is 29.8 Å². The second-order valence-corrected chi connectivity index (χ2v) is 2.53. The number of hydrazine groups is 1. The summed E-state index contributed by atoms with van der Waals surface area (Å²) in [5, 5.41) is 3.74. The van der Waals surface area contributed by atoms with Crippen molar-refractivity contribution in [3.63, 3.8) is 0 Å². The molecule has 0 aliphatic carbocycles. The van der Waals surface area contributed by atoms with Gasteiger partial charge in [-0.3, -0.25) is 4.94 Å². The van der Waals surface area contributed by atoms with Gasteiger partial charge in [-0.15, -0.1) is 0 Å². The van der Waals surface area contributed by atoms with Crippen LogP contribution in [0, 0.1) is 0 Å². The van der Waals surface area contributed by atoms with E-state index >= 15 is 0 Å². The van der Waals surface area contributed by atoms with E-state index in [2.05, 4.69) is 10.1 Å². The largest absolute Gasteiger partial charge is 0.486 e. The van der Waals surface area contributed by atoms with Gasteiger partial charge in [-0.05, 0) is 12.1 Å². The molecule has 13 heavy (non-hydrogen) atoms. The summed E-state index contributed by atoms with van der Waals surface area (Å²) in [7, 11) is 0. The van der Waals surface area contributed by atoms with Crippen LogP contribution in [0.1, 0.15) is 5.56 Å². The Kier molecular flexibility index (Phi) is 2.11. The number of benzene rings is 1. The number of ether oxygens (including phenoxy) is 1. The van der Waals surface area contributed by atoms with E-state index < -0.39 is 0 Å². The molecule has 0 unspecified atom stereocenters. The van der Waals surface area contributed by atoms with Crippen molar-refractivity contribution in [1.29, 1.82) is 0 Å². The van der Waals surface area contributed by atoms with Gasteiger partial charge >= 0.3 is 0 Å². The van der Waals surface area contributed by atoms with Crippen molar-refractivity contribution in [1.82, 2.24) is 5.59 Å². The molecule has 1 aliphatic rings. The van der Waals surface area contributed by atoms with E-state index in [1.165, 1.54) is 0 Å². The lowest BCUT2D eigenvalue weighted by atomic mass is 10.1. The van der Waals surface area contributed by atoms with Crippen LogP contribution in [0.2, 0.25) is 0 Å². The Labute approximate surface area is 75.0 Å². The number of nitrogens with two attached hydrogens (primary N) is 1. The predicted molar refractivity (Wildman–Crippen MR) is 46.9 cm³/mol. The van der Waals surface area contributed by atoms with Gasteiger partial charge < -0.3 is 4.74 Å². The minimum absolute atomic E-state index is 0.418. The van der Waals surface area contributed by atoms with Crippen LogP contribution in [0.5, 0.6) is 5.75 Å². The first-order valence-corrected chi connectivity index (χ1v) is 3.82. The quantitative estimate of drug-likeness (QED) is 0.502. The third-order valence-corrected chi connectivity index (χ3v) is 1.77. The van der Waals surface area contributed by atoms with Gasteiger partial charge in [0.05, 0.1) is 0 Å². The maximum atomic E-state index is 5.33. The van der Waals surface area contributed by atoms with Gasteiger partial charge in [0.15, 0.2) is 0 Å². The van der Waals surface area contributed by atoms with Crippen molar-refractivity contribution < 1.29 is 9.68 Å². The number of nitrogens with one attached hydrogen (secondary N) is 1. The highest BCUT2D eigenvalue weighted by atomic mass is 16.8. The number of hydrogen-bond donors (Lipinski definition) is 2. The highest BCUT2D eigenvalue weighted by Gasteiger charge is 2.18. The van der Waals surface area contributed by atoms with Crippen molar-refractivity contribution >= 4 is 5.71 Å². The van der Waals surface area contributed by atoms with E-state index in [0.29, 0.717) is 6.61 Å². The molecule has 1 heterocycles. The fourth-order valence-corrected chi connectivity index (χ4v) is 1.21. The minimum Gasteiger partial charge on any atom is -0.486 e. The van der Waals surface area contributed by atoms with Crippen molar-refractivity contribution in [3.8, 4) is 5.75 Å². The third kappa shape index (κ3) is 1.47. The zero-order chi connectivity index (χ0) is 9.10. The number of nitrogens with zero attached hydrogens (tertiary/aromatic N) is 1. The summed E-state index contributed by atoms with van der Waals surface area (Å²) in [4.78, 5) is 4.51. The molecule has 3 N–H and O–H groups in total. The van der Waals surface area contributed by atoms with Gasteiger partial charge in [0.25, 0.3) is 0 Å². The molecule has 2 rings (SSSR count). The van der Waals surface area contributed by atoms with Crippen LogP contribution >= 0.6 is 0 Å². The highest BCUT2D eigenvalue weighted by Crippen LogP contribution is 2.24. The van der Waals surface area contributed by atoms with Gasteiger partial charge in [-0.1, -0.05) is 22.9 Å². The smallest absolute Gasteiger partial charge is 0.134 e. The molecule has 1 aromatic rings.